The van der Waals surface area contributed by atoms with Gasteiger partial charge in [-0.25, -0.2) is 17.6 Å². The lowest BCUT2D eigenvalue weighted by atomic mass is 9.95. The number of hydrogen-bond donors (Lipinski definition) is 0. The van der Waals surface area contributed by atoms with Gasteiger partial charge in [-0.3, -0.25) is 9.69 Å². The van der Waals surface area contributed by atoms with Gasteiger partial charge in [-0.2, -0.15) is 0 Å². The molecule has 2 heterocycles. The predicted octanol–water partition coefficient (Wildman–Crippen LogP) is 5.20. The maximum absolute atomic E-state index is 13.7. The second-order valence-corrected chi connectivity index (χ2v) is 8.36. The normalized spacial score (nSPS) is 19.1. The van der Waals surface area contributed by atoms with Crippen LogP contribution in [0.3, 0.4) is 0 Å². The zero-order valence-corrected chi connectivity index (χ0v) is 18.0. The van der Waals surface area contributed by atoms with Crippen LogP contribution in [-0.2, 0) is 4.79 Å². The average Bonchev–Trinajstić information content (AvgIpc) is 3.31. The molecule has 2 aromatic rings. The Kier molecular flexibility index (Phi) is 7.08. The van der Waals surface area contributed by atoms with Crippen molar-refractivity contribution >= 4 is 18.1 Å². The molecule has 3 nitrogen and oxygen atoms in total. The number of piperidine rings is 1. The first-order chi connectivity index (χ1) is 15.9. The molecule has 1 saturated heterocycles. The molecule has 0 saturated carbocycles. The maximum Gasteiger partial charge on any atom is 0.224 e. The Hall–Kier alpha value is -3.19. The van der Waals surface area contributed by atoms with E-state index in [4.69, 9.17) is 0 Å². The summed E-state index contributed by atoms with van der Waals surface area (Å²) >= 11 is 0. The predicted molar refractivity (Wildman–Crippen MR) is 120 cm³/mol. The molecular weight excluding hydrogens is 432 g/mol. The molecule has 7 heteroatoms. The minimum Gasteiger partial charge on any atom is -0.335 e. The van der Waals surface area contributed by atoms with E-state index in [0.717, 1.165) is 48.5 Å². The Labute approximate surface area is 190 Å². The van der Waals surface area contributed by atoms with Gasteiger partial charge in [0.25, 0.3) is 0 Å². The second kappa shape index (κ2) is 10.2. The van der Waals surface area contributed by atoms with E-state index < -0.39 is 23.3 Å². The largest absolute Gasteiger partial charge is 0.335 e. The molecule has 172 valence electrons. The van der Waals surface area contributed by atoms with E-state index in [1.54, 1.807) is 17.1 Å². The number of carbonyl (C=O) groups excluding carboxylic acids is 1. The number of nitrogens with zero attached hydrogens (tertiary/aromatic N) is 2. The van der Waals surface area contributed by atoms with Crippen LogP contribution >= 0.6 is 0 Å². The molecule has 0 bridgehead atoms. The summed E-state index contributed by atoms with van der Waals surface area (Å²) in [5.74, 6) is -3.75. The molecule has 1 fully saturated rings. The molecule has 0 atom stereocenters. The van der Waals surface area contributed by atoms with E-state index in [9.17, 15) is 22.4 Å². The van der Waals surface area contributed by atoms with Gasteiger partial charge in [0.05, 0.1) is 0 Å². The molecule has 33 heavy (non-hydrogen) atoms. The van der Waals surface area contributed by atoms with Gasteiger partial charge >= 0.3 is 0 Å². The molecule has 0 unspecified atom stereocenters. The molecule has 0 aromatic heterocycles. The fraction of sp³-hybridized carbons (Fsp3) is 0.269. The van der Waals surface area contributed by atoms with Crippen molar-refractivity contribution in [3.63, 3.8) is 0 Å². The first kappa shape index (κ1) is 23.0. The number of likely N-dealkylation sites (tertiary alicyclic amines) is 1. The third kappa shape index (κ3) is 5.99. The van der Waals surface area contributed by atoms with Crippen LogP contribution in [0, 0.1) is 23.3 Å². The maximum atomic E-state index is 13.7. The lowest BCUT2D eigenvalue weighted by Crippen LogP contribution is -2.39. The highest BCUT2D eigenvalue weighted by Gasteiger charge is 2.23. The van der Waals surface area contributed by atoms with Crippen molar-refractivity contribution < 1.29 is 22.4 Å². The van der Waals surface area contributed by atoms with Crippen molar-refractivity contribution in [3.05, 3.63) is 94.1 Å². The fourth-order valence-electron chi connectivity index (χ4n) is 4.11. The number of benzene rings is 2. The quantitative estimate of drug-likeness (QED) is 0.456. The van der Waals surface area contributed by atoms with Crippen molar-refractivity contribution in [2.75, 3.05) is 32.7 Å². The third-order valence-corrected chi connectivity index (χ3v) is 5.76. The number of rotatable bonds is 5. The topological polar surface area (TPSA) is 23.6 Å². The molecule has 4 rings (SSSR count). The highest BCUT2D eigenvalue weighted by atomic mass is 19.2. The van der Waals surface area contributed by atoms with Gasteiger partial charge in [0, 0.05) is 39.1 Å². The van der Waals surface area contributed by atoms with Crippen molar-refractivity contribution in [2.24, 2.45) is 0 Å². The highest BCUT2D eigenvalue weighted by Crippen LogP contribution is 2.26. The molecule has 2 aromatic carbocycles. The Morgan fingerprint density at radius 1 is 0.788 bits per heavy atom. The van der Waals surface area contributed by atoms with Gasteiger partial charge in [0.15, 0.2) is 23.3 Å². The Bertz CT molecular complexity index is 1060. The number of carbonyl (C=O) groups is 1. The first-order valence-electron chi connectivity index (χ1n) is 10.8. The van der Waals surface area contributed by atoms with Gasteiger partial charge < -0.3 is 4.90 Å². The van der Waals surface area contributed by atoms with Crippen molar-refractivity contribution in [2.45, 2.75) is 12.8 Å². The van der Waals surface area contributed by atoms with E-state index in [1.165, 1.54) is 12.1 Å². The van der Waals surface area contributed by atoms with E-state index in [2.05, 4.69) is 17.1 Å². The summed E-state index contributed by atoms with van der Waals surface area (Å²) in [5, 5.41) is 0. The van der Waals surface area contributed by atoms with E-state index in [-0.39, 0.29) is 5.91 Å². The van der Waals surface area contributed by atoms with Crippen LogP contribution in [0.4, 0.5) is 17.6 Å². The summed E-state index contributed by atoms with van der Waals surface area (Å²) in [6, 6.07) is 7.31. The zero-order valence-electron chi connectivity index (χ0n) is 18.0. The number of amides is 1. The van der Waals surface area contributed by atoms with Crippen molar-refractivity contribution in [1.29, 1.82) is 0 Å². The molecule has 0 spiro atoms. The van der Waals surface area contributed by atoms with Gasteiger partial charge in [-0.1, -0.05) is 36.4 Å². The average molecular weight is 456 g/mol. The monoisotopic (exact) mass is 456 g/mol. The van der Waals surface area contributed by atoms with E-state index in [1.807, 2.05) is 0 Å². The summed E-state index contributed by atoms with van der Waals surface area (Å²) in [6.07, 6.45) is 8.46. The van der Waals surface area contributed by atoms with E-state index in [0.29, 0.717) is 43.6 Å². The minimum absolute atomic E-state index is 0.0195. The highest BCUT2D eigenvalue weighted by molar-refractivity contribution is 5.78. The zero-order chi connectivity index (χ0) is 23.4. The Morgan fingerprint density at radius 3 is 1.79 bits per heavy atom. The summed E-state index contributed by atoms with van der Waals surface area (Å²) < 4.78 is 53.9. The molecule has 1 amide bonds. The fourth-order valence-corrected chi connectivity index (χ4v) is 4.11. The Morgan fingerprint density at radius 2 is 1.30 bits per heavy atom. The van der Waals surface area contributed by atoms with Gasteiger partial charge in [0.1, 0.15) is 0 Å². The minimum atomic E-state index is -0.940. The van der Waals surface area contributed by atoms with Crippen LogP contribution < -0.4 is 0 Å². The van der Waals surface area contributed by atoms with Crippen LogP contribution in [0.15, 0.2) is 59.7 Å². The lowest BCUT2D eigenvalue weighted by molar-refractivity contribution is -0.131. The Balaban J connectivity index is 1.57. The van der Waals surface area contributed by atoms with Crippen LogP contribution in [0.5, 0.6) is 0 Å². The molecule has 0 N–H and O–H groups in total. The van der Waals surface area contributed by atoms with Crippen LogP contribution in [0.2, 0.25) is 0 Å². The standard InChI is InChI=1S/C26H24F4N2O/c27-22-5-3-18(14-24(22)29)11-20-13-21(12-19-4-6-23(28)25(30)15-19)17-32(16-20)26(33)7-10-31-8-1-2-9-31/h1-6,11-12,14-15H,7-10,13,16-17H2/b20-11+,21-12+. The van der Waals surface area contributed by atoms with Gasteiger partial charge in [0.2, 0.25) is 5.91 Å². The van der Waals surface area contributed by atoms with Gasteiger partial charge in [-0.05, 0) is 53.0 Å². The summed E-state index contributed by atoms with van der Waals surface area (Å²) in [6.45, 7) is 3.04. The molecule has 2 aliphatic rings. The van der Waals surface area contributed by atoms with Gasteiger partial charge in [-0.15, -0.1) is 0 Å². The van der Waals surface area contributed by atoms with Crippen LogP contribution in [0.1, 0.15) is 24.0 Å². The van der Waals surface area contributed by atoms with Crippen LogP contribution in [-0.4, -0.2) is 48.4 Å². The first-order valence-corrected chi connectivity index (χ1v) is 10.8. The molecule has 0 radical (unpaired) electrons. The number of hydrogen-bond acceptors (Lipinski definition) is 2. The molecular formula is C26H24F4N2O. The smallest absolute Gasteiger partial charge is 0.224 e. The van der Waals surface area contributed by atoms with Crippen LogP contribution in [0.25, 0.3) is 12.2 Å². The summed E-state index contributed by atoms with van der Waals surface area (Å²) in [7, 11) is 0. The molecule has 2 aliphatic heterocycles. The lowest BCUT2D eigenvalue weighted by Gasteiger charge is -2.31. The van der Waals surface area contributed by atoms with Crippen molar-refractivity contribution in [1.82, 2.24) is 9.80 Å². The van der Waals surface area contributed by atoms with Crippen molar-refractivity contribution in [3.8, 4) is 0 Å². The molecule has 0 aliphatic carbocycles. The van der Waals surface area contributed by atoms with E-state index >= 15 is 0 Å². The number of halogens is 4. The summed E-state index contributed by atoms with van der Waals surface area (Å²) in [5.41, 5.74) is 2.68. The SMILES string of the molecule is O=C(CCN1CC=CC1)N1C/C(=C/c2ccc(F)c(F)c2)C/C(=C\c2ccc(F)c(F)c2)C1. The summed E-state index contributed by atoms with van der Waals surface area (Å²) in [4.78, 5) is 16.8. The third-order valence-electron chi connectivity index (χ3n) is 5.76. The second-order valence-electron chi connectivity index (χ2n) is 8.36.